The van der Waals surface area contributed by atoms with Crippen LogP contribution in [-0.2, 0) is 36.6 Å². The van der Waals surface area contributed by atoms with E-state index in [9.17, 15) is 15.0 Å². The minimum atomic E-state index is -0.653. The van der Waals surface area contributed by atoms with Gasteiger partial charge < -0.3 is 20.1 Å². The molecular formula is C35H54O5. The van der Waals surface area contributed by atoms with Gasteiger partial charge in [0.05, 0.1) is 6.61 Å². The average Bonchev–Trinajstić information content (AvgIpc) is 2.78. The molecule has 0 aliphatic heterocycles. The van der Waals surface area contributed by atoms with E-state index >= 15 is 0 Å². The smallest absolute Gasteiger partial charge is 0.305 e. The Balaban J connectivity index is 3.03. The number of aliphatic hydroxyl groups is 1. The molecule has 2 aromatic rings. The topological polar surface area (TPSA) is 87.0 Å². The number of rotatable bonds is 7. The molecule has 224 valence electrons. The van der Waals surface area contributed by atoms with Crippen molar-refractivity contribution in [3.63, 3.8) is 0 Å². The molecule has 3 N–H and O–H groups in total. The van der Waals surface area contributed by atoms with Gasteiger partial charge in [-0.25, -0.2) is 0 Å². The second-order valence-electron chi connectivity index (χ2n) is 15.6. The van der Waals surface area contributed by atoms with Crippen molar-refractivity contribution in [3.05, 3.63) is 57.6 Å². The Kier molecular flexibility index (Phi) is 9.59. The molecule has 0 saturated heterocycles. The summed E-state index contributed by atoms with van der Waals surface area (Å²) in [6, 6.07) is 8.35. The van der Waals surface area contributed by atoms with Crippen molar-refractivity contribution in [1.29, 1.82) is 0 Å². The number of phenolic OH excluding ortho intramolecular Hbond substituents is 2. The van der Waals surface area contributed by atoms with Gasteiger partial charge in [0.15, 0.2) is 0 Å². The molecule has 0 heterocycles. The second-order valence-corrected chi connectivity index (χ2v) is 15.6. The van der Waals surface area contributed by atoms with Gasteiger partial charge in [0.25, 0.3) is 0 Å². The summed E-state index contributed by atoms with van der Waals surface area (Å²) >= 11 is 0. The maximum Gasteiger partial charge on any atom is 0.305 e. The zero-order valence-corrected chi connectivity index (χ0v) is 27.3. The molecule has 0 radical (unpaired) electrons. The number of hydrogen-bond donors (Lipinski definition) is 3. The molecule has 5 nitrogen and oxygen atoms in total. The lowest BCUT2D eigenvalue weighted by atomic mass is 9.67. The van der Waals surface area contributed by atoms with Crippen molar-refractivity contribution in [2.45, 2.75) is 130 Å². The normalized spacial score (nSPS) is 13.4. The zero-order chi connectivity index (χ0) is 31.1. The van der Waals surface area contributed by atoms with Gasteiger partial charge in [-0.2, -0.15) is 0 Å². The van der Waals surface area contributed by atoms with Crippen molar-refractivity contribution in [1.82, 2.24) is 0 Å². The van der Waals surface area contributed by atoms with E-state index in [0.717, 1.165) is 33.4 Å². The molecule has 0 saturated carbocycles. The molecule has 0 aliphatic carbocycles. The van der Waals surface area contributed by atoms with E-state index in [-0.39, 0.29) is 47.3 Å². The summed E-state index contributed by atoms with van der Waals surface area (Å²) in [7, 11) is 0. The highest BCUT2D eigenvalue weighted by molar-refractivity contribution is 5.70. The zero-order valence-electron chi connectivity index (χ0n) is 27.3. The first-order valence-electron chi connectivity index (χ1n) is 14.5. The van der Waals surface area contributed by atoms with Crippen LogP contribution in [-0.4, -0.2) is 34.5 Å². The van der Waals surface area contributed by atoms with E-state index < -0.39 is 5.41 Å². The molecule has 0 amide bonds. The van der Waals surface area contributed by atoms with Crippen LogP contribution in [0.2, 0.25) is 0 Å². The number of carbonyl (C=O) groups is 1. The number of aromatic hydroxyl groups is 2. The third-order valence-electron chi connectivity index (χ3n) is 7.91. The van der Waals surface area contributed by atoms with E-state index in [4.69, 9.17) is 9.84 Å². The maximum atomic E-state index is 12.7. The van der Waals surface area contributed by atoms with Crippen LogP contribution < -0.4 is 0 Å². The molecule has 0 aromatic heterocycles. The molecule has 5 heteroatoms. The van der Waals surface area contributed by atoms with Gasteiger partial charge >= 0.3 is 5.97 Å². The van der Waals surface area contributed by atoms with Gasteiger partial charge in [-0.15, -0.1) is 0 Å². The SMILES string of the molecule is CC(C)(C)c1cc(C(C)(CCC(=O)OCCO)c2cc(C(C)(C)C)c(O)c(C(C)(C)C)c2)cc(C(C)(C)C)c1O. The quantitative estimate of drug-likeness (QED) is 0.303. The van der Waals surface area contributed by atoms with Crippen molar-refractivity contribution in [3.8, 4) is 11.5 Å². The highest BCUT2D eigenvalue weighted by Crippen LogP contribution is 2.48. The Labute approximate surface area is 243 Å². The Bertz CT molecular complexity index is 1060. The van der Waals surface area contributed by atoms with Crippen LogP contribution in [0.4, 0.5) is 0 Å². The minimum Gasteiger partial charge on any atom is -0.507 e. The fraction of sp³-hybridized carbons (Fsp3) is 0.629. The third-order valence-corrected chi connectivity index (χ3v) is 7.91. The predicted octanol–water partition coefficient (Wildman–Crippen LogP) is 7.91. The lowest BCUT2D eigenvalue weighted by Gasteiger charge is -2.37. The molecule has 2 rings (SSSR count). The lowest BCUT2D eigenvalue weighted by molar-refractivity contribution is -0.145. The van der Waals surface area contributed by atoms with Gasteiger partial charge in [-0.1, -0.05) is 114 Å². The van der Waals surface area contributed by atoms with Gasteiger partial charge in [-0.05, 0) is 61.5 Å². The van der Waals surface area contributed by atoms with Crippen LogP contribution in [0.3, 0.4) is 0 Å². The summed E-state index contributed by atoms with van der Waals surface area (Å²) < 4.78 is 5.24. The van der Waals surface area contributed by atoms with Gasteiger partial charge in [0.2, 0.25) is 0 Å². The minimum absolute atomic E-state index is 0.0291. The Morgan fingerprint density at radius 3 is 1.18 bits per heavy atom. The van der Waals surface area contributed by atoms with Crippen LogP contribution in [0.1, 0.15) is 136 Å². The first kappa shape index (κ1) is 33.7. The van der Waals surface area contributed by atoms with Crippen LogP contribution in [0.15, 0.2) is 24.3 Å². The number of esters is 1. The summed E-state index contributed by atoms with van der Waals surface area (Å²) in [6.45, 7) is 27.0. The highest BCUT2D eigenvalue weighted by Gasteiger charge is 2.37. The largest absolute Gasteiger partial charge is 0.507 e. The fourth-order valence-corrected chi connectivity index (χ4v) is 5.23. The number of phenols is 2. The number of carbonyl (C=O) groups excluding carboxylic acids is 1. The summed E-state index contributed by atoms with van der Waals surface area (Å²) in [5.41, 5.74) is 3.51. The molecule has 0 bridgehead atoms. The summed E-state index contributed by atoms with van der Waals surface area (Å²) in [5, 5.41) is 32.0. The van der Waals surface area contributed by atoms with Crippen molar-refractivity contribution in [2.24, 2.45) is 0 Å². The Hall–Kier alpha value is -2.53. The molecule has 0 unspecified atom stereocenters. The average molecular weight is 555 g/mol. The molecular weight excluding hydrogens is 500 g/mol. The monoisotopic (exact) mass is 554 g/mol. The molecule has 2 aromatic carbocycles. The maximum absolute atomic E-state index is 12.7. The molecule has 0 fully saturated rings. The van der Waals surface area contributed by atoms with E-state index in [1.54, 1.807) is 0 Å². The van der Waals surface area contributed by atoms with Gasteiger partial charge in [0.1, 0.15) is 18.1 Å². The van der Waals surface area contributed by atoms with Crippen LogP contribution in [0.25, 0.3) is 0 Å². The highest BCUT2D eigenvalue weighted by atomic mass is 16.5. The number of ether oxygens (including phenoxy) is 1. The van der Waals surface area contributed by atoms with Crippen LogP contribution in [0, 0.1) is 0 Å². The molecule has 40 heavy (non-hydrogen) atoms. The standard InChI is InChI=1S/C35H54O5/c1-31(2,3)24-18-22(19-25(29(24)38)32(4,5)6)35(13,15-14-28(37)40-17-16-36)23-20-26(33(7,8)9)30(39)27(21-23)34(10,11)12/h18-21,36,38-39H,14-17H2,1-13H3. The van der Waals surface area contributed by atoms with E-state index in [2.05, 4.69) is 114 Å². The molecule has 0 spiro atoms. The number of hydrogen-bond acceptors (Lipinski definition) is 5. The van der Waals surface area contributed by atoms with Gasteiger partial charge in [-0.3, -0.25) is 4.79 Å². The van der Waals surface area contributed by atoms with Crippen molar-refractivity contribution < 1.29 is 24.9 Å². The number of aliphatic hydroxyl groups excluding tert-OH is 1. The van der Waals surface area contributed by atoms with Crippen molar-refractivity contribution in [2.75, 3.05) is 13.2 Å². The Morgan fingerprint density at radius 1 is 0.625 bits per heavy atom. The van der Waals surface area contributed by atoms with E-state index in [0.29, 0.717) is 17.9 Å². The first-order chi connectivity index (χ1) is 17.9. The molecule has 0 atom stereocenters. The fourth-order valence-electron chi connectivity index (χ4n) is 5.23. The van der Waals surface area contributed by atoms with Crippen LogP contribution >= 0.6 is 0 Å². The second kappa shape index (κ2) is 11.4. The van der Waals surface area contributed by atoms with Crippen molar-refractivity contribution >= 4 is 5.97 Å². The Morgan fingerprint density at radius 2 is 0.925 bits per heavy atom. The van der Waals surface area contributed by atoms with Gasteiger partial charge in [0, 0.05) is 11.8 Å². The summed E-state index contributed by atoms with van der Waals surface area (Å²) in [6.07, 6.45) is 0.608. The third kappa shape index (κ3) is 7.40. The predicted molar refractivity (Wildman–Crippen MR) is 165 cm³/mol. The van der Waals surface area contributed by atoms with Crippen LogP contribution in [0.5, 0.6) is 11.5 Å². The van der Waals surface area contributed by atoms with E-state index in [1.807, 2.05) is 0 Å². The lowest BCUT2D eigenvalue weighted by Crippen LogP contribution is -2.29. The number of benzene rings is 2. The van der Waals surface area contributed by atoms with E-state index in [1.165, 1.54) is 0 Å². The first-order valence-corrected chi connectivity index (χ1v) is 14.5. The summed E-state index contributed by atoms with van der Waals surface area (Å²) in [5.74, 6) is 0.256. The molecule has 0 aliphatic rings. The summed E-state index contributed by atoms with van der Waals surface area (Å²) in [4.78, 5) is 12.7.